The lowest BCUT2D eigenvalue weighted by atomic mass is 9.71. The first-order chi connectivity index (χ1) is 10.2. The summed E-state index contributed by atoms with van der Waals surface area (Å²) in [6, 6.07) is 14.1. The second-order valence-electron chi connectivity index (χ2n) is 5.46. The minimum absolute atomic E-state index is 0.269. The monoisotopic (exact) mass is 274 g/mol. The van der Waals surface area contributed by atoms with Crippen LogP contribution in [0.4, 0.5) is 0 Å². The maximum Gasteiger partial charge on any atom is 0.175 e. The van der Waals surface area contributed by atoms with Crippen LogP contribution in [0.15, 0.2) is 42.0 Å². The SMILES string of the molecule is CC1CCCC=C1C(C#N)(C#N)CC#Cc1ccccc1. The van der Waals surface area contributed by atoms with Crippen molar-refractivity contribution in [2.45, 2.75) is 32.6 Å². The number of nitrogens with zero attached hydrogens (tertiary/aromatic N) is 2. The molecule has 2 rings (SSSR count). The molecule has 0 radical (unpaired) electrons. The van der Waals surface area contributed by atoms with E-state index >= 15 is 0 Å². The third-order valence-corrected chi connectivity index (χ3v) is 3.97. The normalized spacial score (nSPS) is 17.7. The van der Waals surface area contributed by atoms with Gasteiger partial charge in [0.2, 0.25) is 0 Å². The number of nitriles is 2. The van der Waals surface area contributed by atoms with Crippen LogP contribution in [0.2, 0.25) is 0 Å². The molecule has 0 heterocycles. The molecule has 0 N–H and O–H groups in total. The van der Waals surface area contributed by atoms with Crippen molar-refractivity contribution in [3.63, 3.8) is 0 Å². The van der Waals surface area contributed by atoms with Crippen LogP contribution in [0, 0.1) is 45.8 Å². The molecule has 0 fully saturated rings. The van der Waals surface area contributed by atoms with Gasteiger partial charge < -0.3 is 0 Å². The highest BCUT2D eigenvalue weighted by molar-refractivity contribution is 5.40. The smallest absolute Gasteiger partial charge is 0.175 e. The summed E-state index contributed by atoms with van der Waals surface area (Å²) in [6.45, 7) is 2.10. The van der Waals surface area contributed by atoms with E-state index in [-0.39, 0.29) is 12.3 Å². The van der Waals surface area contributed by atoms with Crippen LogP contribution < -0.4 is 0 Å². The van der Waals surface area contributed by atoms with Crippen molar-refractivity contribution >= 4 is 0 Å². The third kappa shape index (κ3) is 3.34. The lowest BCUT2D eigenvalue weighted by molar-refractivity contribution is 0.462. The molecule has 2 nitrogen and oxygen atoms in total. The molecule has 0 bridgehead atoms. The summed E-state index contributed by atoms with van der Waals surface area (Å²) >= 11 is 0. The van der Waals surface area contributed by atoms with E-state index in [4.69, 9.17) is 0 Å². The largest absolute Gasteiger partial charge is 0.196 e. The van der Waals surface area contributed by atoms with Gasteiger partial charge in [-0.2, -0.15) is 10.5 Å². The molecule has 1 aromatic rings. The fourth-order valence-corrected chi connectivity index (χ4v) is 2.77. The van der Waals surface area contributed by atoms with Gasteiger partial charge in [-0.3, -0.25) is 0 Å². The van der Waals surface area contributed by atoms with Gasteiger partial charge in [0.15, 0.2) is 5.41 Å². The molecular weight excluding hydrogens is 256 g/mol. The van der Waals surface area contributed by atoms with Gasteiger partial charge in [-0.1, -0.05) is 43.0 Å². The predicted octanol–water partition coefficient (Wildman–Crippen LogP) is 4.21. The zero-order valence-electron chi connectivity index (χ0n) is 12.3. The highest BCUT2D eigenvalue weighted by atomic mass is 14.4. The van der Waals surface area contributed by atoms with Crippen LogP contribution in [0.5, 0.6) is 0 Å². The molecule has 21 heavy (non-hydrogen) atoms. The van der Waals surface area contributed by atoms with Gasteiger partial charge in [-0.15, -0.1) is 0 Å². The summed E-state index contributed by atoms with van der Waals surface area (Å²) in [5, 5.41) is 19.1. The standard InChI is InChI=1S/C19H18N2/c1-16-8-5-6-12-18(16)19(14-20,15-21)13-7-11-17-9-3-2-4-10-17/h2-4,9-10,12,16H,5-6,8,13H2,1H3. The molecule has 0 saturated carbocycles. The topological polar surface area (TPSA) is 47.6 Å². The van der Waals surface area contributed by atoms with E-state index in [1.807, 2.05) is 30.3 Å². The molecule has 2 heteroatoms. The van der Waals surface area contributed by atoms with Gasteiger partial charge in [0.25, 0.3) is 0 Å². The number of benzene rings is 1. The van der Waals surface area contributed by atoms with Crippen molar-refractivity contribution < 1.29 is 0 Å². The Morgan fingerprint density at radius 3 is 2.52 bits per heavy atom. The van der Waals surface area contributed by atoms with E-state index < -0.39 is 5.41 Å². The second kappa shape index (κ2) is 6.78. The maximum atomic E-state index is 9.56. The number of rotatable bonds is 2. The average molecular weight is 274 g/mol. The quantitative estimate of drug-likeness (QED) is 0.599. The zero-order chi connectivity index (χ0) is 15.1. The van der Waals surface area contributed by atoms with Gasteiger partial charge in [-0.25, -0.2) is 0 Å². The first-order valence-electron chi connectivity index (χ1n) is 7.29. The third-order valence-electron chi connectivity index (χ3n) is 3.97. The summed E-state index contributed by atoms with van der Waals surface area (Å²) in [7, 11) is 0. The molecule has 0 amide bonds. The van der Waals surface area contributed by atoms with Gasteiger partial charge in [0.05, 0.1) is 12.1 Å². The van der Waals surface area contributed by atoms with E-state index in [9.17, 15) is 10.5 Å². The molecule has 1 unspecified atom stereocenters. The van der Waals surface area contributed by atoms with E-state index in [1.54, 1.807) is 0 Å². The molecule has 0 spiro atoms. The lowest BCUT2D eigenvalue weighted by Gasteiger charge is -2.28. The Morgan fingerprint density at radius 1 is 1.19 bits per heavy atom. The minimum Gasteiger partial charge on any atom is -0.196 e. The summed E-state index contributed by atoms with van der Waals surface area (Å²) in [6.07, 6.45) is 5.48. The second-order valence-corrected chi connectivity index (χ2v) is 5.46. The van der Waals surface area contributed by atoms with E-state index in [0.29, 0.717) is 0 Å². The minimum atomic E-state index is -1.10. The molecule has 1 aliphatic rings. The molecule has 104 valence electrons. The number of allylic oxidation sites excluding steroid dienone is 2. The maximum absolute atomic E-state index is 9.56. The molecule has 0 saturated heterocycles. The van der Waals surface area contributed by atoms with Gasteiger partial charge in [0, 0.05) is 12.0 Å². The van der Waals surface area contributed by atoms with Crippen LogP contribution >= 0.6 is 0 Å². The highest BCUT2D eigenvalue weighted by Crippen LogP contribution is 2.39. The summed E-state index contributed by atoms with van der Waals surface area (Å²) in [4.78, 5) is 0. The van der Waals surface area contributed by atoms with Crippen molar-refractivity contribution in [3.05, 3.63) is 47.5 Å². The molecule has 1 aliphatic carbocycles. The summed E-state index contributed by atoms with van der Waals surface area (Å²) in [5.41, 5.74) is 0.774. The molecular formula is C19H18N2. The fourth-order valence-electron chi connectivity index (χ4n) is 2.77. The Labute approximate surface area is 126 Å². The lowest BCUT2D eigenvalue weighted by Crippen LogP contribution is -2.25. The number of hydrogen-bond donors (Lipinski definition) is 0. The first-order valence-corrected chi connectivity index (χ1v) is 7.29. The Kier molecular flexibility index (Phi) is 4.81. The van der Waals surface area contributed by atoms with Crippen LogP contribution in [-0.2, 0) is 0 Å². The van der Waals surface area contributed by atoms with Crippen LogP contribution in [0.1, 0.15) is 38.2 Å². The average Bonchev–Trinajstić information content (AvgIpc) is 2.54. The van der Waals surface area contributed by atoms with E-state index in [0.717, 1.165) is 30.4 Å². The van der Waals surface area contributed by atoms with E-state index in [2.05, 4.69) is 37.0 Å². The Hall–Kier alpha value is -2.50. The van der Waals surface area contributed by atoms with Crippen molar-refractivity contribution in [1.82, 2.24) is 0 Å². The molecule has 1 atom stereocenters. The Balaban J connectivity index is 2.25. The van der Waals surface area contributed by atoms with Gasteiger partial charge in [0.1, 0.15) is 0 Å². The predicted molar refractivity (Wildman–Crippen MR) is 82.7 cm³/mol. The Morgan fingerprint density at radius 2 is 1.90 bits per heavy atom. The highest BCUT2D eigenvalue weighted by Gasteiger charge is 2.37. The van der Waals surface area contributed by atoms with E-state index in [1.165, 1.54) is 0 Å². The number of hydrogen-bond acceptors (Lipinski definition) is 2. The van der Waals surface area contributed by atoms with Crippen LogP contribution in [-0.4, -0.2) is 0 Å². The molecule has 0 aromatic heterocycles. The first kappa shape index (κ1) is 14.9. The zero-order valence-corrected chi connectivity index (χ0v) is 12.3. The van der Waals surface area contributed by atoms with Gasteiger partial charge >= 0.3 is 0 Å². The fraction of sp³-hybridized carbons (Fsp3) is 0.368. The van der Waals surface area contributed by atoms with Crippen molar-refractivity contribution in [1.29, 1.82) is 10.5 Å². The van der Waals surface area contributed by atoms with Crippen LogP contribution in [0.3, 0.4) is 0 Å². The van der Waals surface area contributed by atoms with Crippen molar-refractivity contribution in [2.24, 2.45) is 11.3 Å². The van der Waals surface area contributed by atoms with Gasteiger partial charge in [-0.05, 0) is 42.9 Å². The summed E-state index contributed by atoms with van der Waals surface area (Å²) in [5.74, 6) is 6.36. The molecule has 0 aliphatic heterocycles. The van der Waals surface area contributed by atoms with Crippen molar-refractivity contribution in [3.8, 4) is 24.0 Å². The van der Waals surface area contributed by atoms with Crippen molar-refractivity contribution in [2.75, 3.05) is 0 Å². The molecule has 1 aromatic carbocycles. The Bertz CT molecular complexity index is 645. The van der Waals surface area contributed by atoms with Crippen LogP contribution in [0.25, 0.3) is 0 Å². The summed E-state index contributed by atoms with van der Waals surface area (Å²) < 4.78 is 0.